The lowest BCUT2D eigenvalue weighted by atomic mass is 10.1. The highest BCUT2D eigenvalue weighted by molar-refractivity contribution is 5.81. The Morgan fingerprint density at radius 3 is 2.50 bits per heavy atom. The van der Waals surface area contributed by atoms with Gasteiger partial charge in [0.25, 0.3) is 0 Å². The molecule has 0 aliphatic heterocycles. The van der Waals surface area contributed by atoms with Crippen LogP contribution in [-0.4, -0.2) is 41.6 Å². The van der Waals surface area contributed by atoms with Gasteiger partial charge in [0.15, 0.2) is 0 Å². The van der Waals surface area contributed by atoms with Crippen LogP contribution in [0.2, 0.25) is 0 Å². The topological polar surface area (TPSA) is 52.6 Å². The maximum absolute atomic E-state index is 13.5. The molecule has 5 heteroatoms. The highest BCUT2D eigenvalue weighted by atomic mass is 19.1. The quantitative estimate of drug-likeness (QED) is 0.800. The number of nitrogens with one attached hydrogen (secondary N) is 1. The molecule has 1 amide bonds. The Kier molecular flexibility index (Phi) is 6.61. The summed E-state index contributed by atoms with van der Waals surface area (Å²) in [7, 11) is 0. The van der Waals surface area contributed by atoms with Gasteiger partial charge in [0.05, 0.1) is 12.1 Å². The van der Waals surface area contributed by atoms with Crippen LogP contribution in [0.15, 0.2) is 24.3 Å². The number of aliphatic hydroxyl groups excluding tert-OH is 1. The van der Waals surface area contributed by atoms with Crippen LogP contribution in [0, 0.1) is 5.82 Å². The van der Waals surface area contributed by atoms with Crippen LogP contribution in [0.5, 0.6) is 0 Å². The summed E-state index contributed by atoms with van der Waals surface area (Å²) in [5, 5.41) is 12.9. The molecule has 0 radical (unpaired) electrons. The van der Waals surface area contributed by atoms with Gasteiger partial charge in [-0.15, -0.1) is 0 Å². The van der Waals surface area contributed by atoms with E-state index in [0.717, 1.165) is 0 Å². The van der Waals surface area contributed by atoms with Gasteiger partial charge >= 0.3 is 0 Å². The monoisotopic (exact) mass is 282 g/mol. The fourth-order valence-corrected chi connectivity index (χ4v) is 2.04. The predicted molar refractivity (Wildman–Crippen MR) is 76.8 cm³/mol. The van der Waals surface area contributed by atoms with Crippen LogP contribution in [0.1, 0.15) is 32.4 Å². The first-order chi connectivity index (χ1) is 9.51. The molecule has 0 heterocycles. The lowest BCUT2D eigenvalue weighted by molar-refractivity contribution is -0.132. The summed E-state index contributed by atoms with van der Waals surface area (Å²) in [6, 6.07) is 5.69. The van der Waals surface area contributed by atoms with E-state index in [2.05, 4.69) is 5.32 Å². The molecule has 4 nitrogen and oxygen atoms in total. The number of carbonyl (C=O) groups excluding carboxylic acids is 1. The van der Waals surface area contributed by atoms with E-state index in [-0.39, 0.29) is 18.0 Å². The second-order valence-electron chi connectivity index (χ2n) is 4.68. The van der Waals surface area contributed by atoms with Gasteiger partial charge in [0.2, 0.25) is 5.91 Å². The fourth-order valence-electron chi connectivity index (χ4n) is 2.04. The number of likely N-dealkylation sites (N-methyl/N-ethyl adjacent to an activating group) is 1. The van der Waals surface area contributed by atoms with Crippen molar-refractivity contribution in [2.45, 2.75) is 32.9 Å². The first kappa shape index (κ1) is 16.6. The van der Waals surface area contributed by atoms with Gasteiger partial charge in [-0.2, -0.15) is 0 Å². The van der Waals surface area contributed by atoms with E-state index in [0.29, 0.717) is 13.1 Å². The number of nitrogens with zero attached hydrogens (tertiary/aromatic N) is 1. The van der Waals surface area contributed by atoms with Crippen molar-refractivity contribution in [2.75, 3.05) is 19.6 Å². The van der Waals surface area contributed by atoms with Gasteiger partial charge in [0, 0.05) is 25.2 Å². The minimum atomic E-state index is -0.969. The second kappa shape index (κ2) is 7.97. The van der Waals surface area contributed by atoms with Crippen LogP contribution < -0.4 is 5.32 Å². The van der Waals surface area contributed by atoms with Crippen LogP contribution in [0.4, 0.5) is 4.39 Å². The van der Waals surface area contributed by atoms with Gasteiger partial charge in [-0.25, -0.2) is 4.39 Å². The normalized spacial score (nSPS) is 13.8. The Bertz CT molecular complexity index is 436. The highest BCUT2D eigenvalue weighted by Crippen LogP contribution is 2.15. The molecule has 1 rings (SSSR count). The average molecular weight is 282 g/mol. The van der Waals surface area contributed by atoms with Crippen LogP contribution in [0.25, 0.3) is 0 Å². The van der Waals surface area contributed by atoms with Crippen molar-refractivity contribution in [3.8, 4) is 0 Å². The SMILES string of the molecule is CCN(CC)C(=O)C(C)NCC(O)c1ccccc1F. The molecule has 2 atom stereocenters. The number of carbonyl (C=O) groups is 1. The smallest absolute Gasteiger partial charge is 0.239 e. The van der Waals surface area contributed by atoms with Crippen molar-refractivity contribution in [1.82, 2.24) is 10.2 Å². The molecule has 20 heavy (non-hydrogen) atoms. The minimum Gasteiger partial charge on any atom is -0.387 e. The highest BCUT2D eigenvalue weighted by Gasteiger charge is 2.19. The van der Waals surface area contributed by atoms with Gasteiger partial charge in [0.1, 0.15) is 5.82 Å². The lowest BCUT2D eigenvalue weighted by Crippen LogP contribution is -2.45. The molecule has 0 saturated heterocycles. The number of rotatable bonds is 7. The summed E-state index contributed by atoms with van der Waals surface area (Å²) in [6.07, 6.45) is -0.969. The zero-order valence-corrected chi connectivity index (χ0v) is 12.3. The van der Waals surface area contributed by atoms with E-state index in [1.165, 1.54) is 6.07 Å². The molecule has 0 saturated carbocycles. The Morgan fingerprint density at radius 1 is 1.35 bits per heavy atom. The second-order valence-corrected chi connectivity index (χ2v) is 4.68. The Hall–Kier alpha value is -1.46. The predicted octanol–water partition coefficient (Wildman–Crippen LogP) is 1.71. The molecule has 2 N–H and O–H groups in total. The molecule has 1 aromatic carbocycles. The molecule has 2 unspecified atom stereocenters. The summed E-state index contributed by atoms with van der Waals surface area (Å²) in [4.78, 5) is 13.7. The maximum Gasteiger partial charge on any atom is 0.239 e. The van der Waals surface area contributed by atoms with Crippen LogP contribution >= 0.6 is 0 Å². The third-order valence-corrected chi connectivity index (χ3v) is 3.33. The zero-order valence-electron chi connectivity index (χ0n) is 12.3. The molecule has 0 fully saturated rings. The van der Waals surface area contributed by atoms with Crippen molar-refractivity contribution in [3.05, 3.63) is 35.6 Å². The zero-order chi connectivity index (χ0) is 15.1. The van der Waals surface area contributed by atoms with E-state index in [1.807, 2.05) is 13.8 Å². The minimum absolute atomic E-state index is 0.0178. The van der Waals surface area contributed by atoms with Gasteiger partial charge in [-0.05, 0) is 26.8 Å². The number of hydrogen-bond donors (Lipinski definition) is 2. The Balaban J connectivity index is 2.54. The van der Waals surface area contributed by atoms with E-state index in [4.69, 9.17) is 0 Å². The molecule has 0 spiro atoms. The summed E-state index contributed by atoms with van der Waals surface area (Å²) in [5.74, 6) is -0.458. The van der Waals surface area contributed by atoms with Crippen LogP contribution in [-0.2, 0) is 4.79 Å². The first-order valence-corrected chi connectivity index (χ1v) is 6.95. The van der Waals surface area contributed by atoms with E-state index in [1.54, 1.807) is 30.0 Å². The summed E-state index contributed by atoms with van der Waals surface area (Å²) >= 11 is 0. The van der Waals surface area contributed by atoms with Gasteiger partial charge in [-0.1, -0.05) is 18.2 Å². The first-order valence-electron chi connectivity index (χ1n) is 6.95. The van der Waals surface area contributed by atoms with E-state index < -0.39 is 18.0 Å². The van der Waals surface area contributed by atoms with Gasteiger partial charge in [-0.3, -0.25) is 4.79 Å². The molecule has 0 bridgehead atoms. The molecular formula is C15H23FN2O2. The van der Waals surface area contributed by atoms with Crippen molar-refractivity contribution in [2.24, 2.45) is 0 Å². The van der Waals surface area contributed by atoms with E-state index in [9.17, 15) is 14.3 Å². The molecular weight excluding hydrogens is 259 g/mol. The molecule has 0 aliphatic carbocycles. The molecule has 0 aromatic heterocycles. The molecule has 0 aliphatic rings. The number of benzene rings is 1. The Morgan fingerprint density at radius 2 is 1.95 bits per heavy atom. The van der Waals surface area contributed by atoms with Crippen molar-refractivity contribution in [3.63, 3.8) is 0 Å². The third kappa shape index (κ3) is 4.28. The van der Waals surface area contributed by atoms with Crippen LogP contribution in [0.3, 0.4) is 0 Å². The average Bonchev–Trinajstić information content (AvgIpc) is 2.46. The summed E-state index contributed by atoms with van der Waals surface area (Å²) < 4.78 is 13.5. The maximum atomic E-state index is 13.5. The number of hydrogen-bond acceptors (Lipinski definition) is 3. The standard InChI is InChI=1S/C15H23FN2O2/c1-4-18(5-2)15(20)11(3)17-10-14(19)12-8-6-7-9-13(12)16/h6-9,11,14,17,19H,4-5,10H2,1-3H3. The Labute approximate surface area is 119 Å². The lowest BCUT2D eigenvalue weighted by Gasteiger charge is -2.24. The van der Waals surface area contributed by atoms with Crippen molar-refractivity contribution >= 4 is 5.91 Å². The van der Waals surface area contributed by atoms with Crippen molar-refractivity contribution < 1.29 is 14.3 Å². The largest absolute Gasteiger partial charge is 0.387 e. The number of amides is 1. The van der Waals surface area contributed by atoms with Crippen molar-refractivity contribution in [1.29, 1.82) is 0 Å². The summed E-state index contributed by atoms with van der Waals surface area (Å²) in [5.41, 5.74) is 0.238. The molecule has 1 aromatic rings. The number of halogens is 1. The van der Waals surface area contributed by atoms with Gasteiger partial charge < -0.3 is 15.3 Å². The fraction of sp³-hybridized carbons (Fsp3) is 0.533. The third-order valence-electron chi connectivity index (χ3n) is 3.33. The number of aliphatic hydroxyl groups is 1. The summed E-state index contributed by atoms with van der Waals surface area (Å²) in [6.45, 7) is 7.02. The molecule has 112 valence electrons. The van der Waals surface area contributed by atoms with E-state index >= 15 is 0 Å².